The molecule has 34 heavy (non-hydrogen) atoms. The summed E-state index contributed by atoms with van der Waals surface area (Å²) in [5.41, 5.74) is 6.18. The van der Waals surface area contributed by atoms with Crippen molar-refractivity contribution in [2.75, 3.05) is 23.7 Å². The Bertz CT molecular complexity index is 1120. The number of anilines is 2. The number of hydrogen-bond acceptors (Lipinski definition) is 4. The van der Waals surface area contributed by atoms with Crippen LogP contribution < -0.4 is 10.6 Å². The molecule has 4 rings (SSSR count). The van der Waals surface area contributed by atoms with Crippen LogP contribution in [0, 0.1) is 13.8 Å². The van der Waals surface area contributed by atoms with Crippen LogP contribution in [0.1, 0.15) is 41.5 Å². The van der Waals surface area contributed by atoms with Gasteiger partial charge < -0.3 is 10.6 Å². The number of pyridine rings is 1. The zero-order valence-corrected chi connectivity index (χ0v) is 19.9. The van der Waals surface area contributed by atoms with E-state index in [1.165, 1.54) is 11.1 Å². The van der Waals surface area contributed by atoms with Gasteiger partial charge in [0.15, 0.2) is 0 Å². The topological polar surface area (TPSA) is 74.3 Å². The molecule has 1 aliphatic carbocycles. The number of aromatic nitrogens is 1. The van der Waals surface area contributed by atoms with Crippen LogP contribution in [0.25, 0.3) is 0 Å². The van der Waals surface area contributed by atoms with Gasteiger partial charge in [0.05, 0.1) is 6.54 Å². The van der Waals surface area contributed by atoms with Gasteiger partial charge in [-0.3, -0.25) is 19.5 Å². The largest absolute Gasteiger partial charge is 0.326 e. The number of carbonyl (C=O) groups is 2. The average Bonchev–Trinajstić information content (AvgIpc) is 3.66. The SMILES string of the molecule is Cc1ccc(C)c(NC(=O)CN(CCC(=O)Nc2ccc(Cc3ccncc3)cc2)C2CC2)c1. The van der Waals surface area contributed by atoms with E-state index in [0.717, 1.165) is 41.8 Å². The van der Waals surface area contributed by atoms with E-state index in [2.05, 4.69) is 20.5 Å². The van der Waals surface area contributed by atoms with E-state index >= 15 is 0 Å². The van der Waals surface area contributed by atoms with Crippen LogP contribution in [-0.4, -0.2) is 40.8 Å². The van der Waals surface area contributed by atoms with Gasteiger partial charge in [-0.15, -0.1) is 0 Å². The molecule has 2 N–H and O–H groups in total. The molecule has 1 saturated carbocycles. The first-order valence-electron chi connectivity index (χ1n) is 11.8. The summed E-state index contributed by atoms with van der Waals surface area (Å²) in [4.78, 5) is 31.4. The van der Waals surface area contributed by atoms with Gasteiger partial charge in [0, 0.05) is 42.8 Å². The third kappa shape index (κ3) is 6.99. The summed E-state index contributed by atoms with van der Waals surface area (Å²) in [6.07, 6.45) is 6.93. The molecule has 0 atom stereocenters. The highest BCUT2D eigenvalue weighted by molar-refractivity contribution is 5.93. The van der Waals surface area contributed by atoms with E-state index < -0.39 is 0 Å². The fourth-order valence-corrected chi connectivity index (χ4v) is 3.99. The molecule has 6 nitrogen and oxygen atoms in total. The highest BCUT2D eigenvalue weighted by Crippen LogP contribution is 2.27. The molecule has 0 radical (unpaired) electrons. The van der Waals surface area contributed by atoms with E-state index in [1.54, 1.807) is 12.4 Å². The van der Waals surface area contributed by atoms with E-state index in [1.807, 2.05) is 68.4 Å². The first kappa shape index (κ1) is 23.6. The second-order valence-electron chi connectivity index (χ2n) is 9.10. The fourth-order valence-electron chi connectivity index (χ4n) is 3.99. The van der Waals surface area contributed by atoms with Crippen LogP contribution in [0.15, 0.2) is 67.0 Å². The maximum Gasteiger partial charge on any atom is 0.238 e. The monoisotopic (exact) mass is 456 g/mol. The van der Waals surface area contributed by atoms with Crippen molar-refractivity contribution in [3.63, 3.8) is 0 Å². The lowest BCUT2D eigenvalue weighted by molar-refractivity contribution is -0.119. The Morgan fingerprint density at radius 3 is 2.32 bits per heavy atom. The lowest BCUT2D eigenvalue weighted by Gasteiger charge is -2.21. The molecule has 1 heterocycles. The maximum absolute atomic E-state index is 12.7. The van der Waals surface area contributed by atoms with Crippen LogP contribution in [0.3, 0.4) is 0 Å². The lowest BCUT2D eigenvalue weighted by atomic mass is 10.1. The van der Waals surface area contributed by atoms with Gasteiger partial charge in [0.1, 0.15) is 0 Å². The van der Waals surface area contributed by atoms with Crippen LogP contribution in [0.5, 0.6) is 0 Å². The summed E-state index contributed by atoms with van der Waals surface area (Å²) < 4.78 is 0. The summed E-state index contributed by atoms with van der Waals surface area (Å²) in [5, 5.41) is 6.01. The van der Waals surface area contributed by atoms with Gasteiger partial charge in [-0.1, -0.05) is 24.3 Å². The molecule has 1 aliphatic rings. The second kappa shape index (κ2) is 11.1. The molecule has 2 amide bonds. The summed E-state index contributed by atoms with van der Waals surface area (Å²) >= 11 is 0. The van der Waals surface area contributed by atoms with E-state index in [-0.39, 0.29) is 11.8 Å². The molecule has 2 aromatic carbocycles. The molecular formula is C28H32N4O2. The van der Waals surface area contributed by atoms with Gasteiger partial charge in [-0.25, -0.2) is 0 Å². The molecule has 0 unspecified atom stereocenters. The minimum atomic E-state index is -0.0394. The van der Waals surface area contributed by atoms with Gasteiger partial charge in [0.2, 0.25) is 11.8 Å². The van der Waals surface area contributed by atoms with E-state index in [4.69, 9.17) is 0 Å². The highest BCUT2D eigenvalue weighted by Gasteiger charge is 2.30. The van der Waals surface area contributed by atoms with Crippen molar-refractivity contribution >= 4 is 23.2 Å². The van der Waals surface area contributed by atoms with Gasteiger partial charge >= 0.3 is 0 Å². The minimum absolute atomic E-state index is 0.0363. The number of aryl methyl sites for hydroxylation is 2. The van der Waals surface area contributed by atoms with Crippen molar-refractivity contribution in [1.29, 1.82) is 0 Å². The number of amides is 2. The molecule has 0 saturated heterocycles. The Morgan fingerprint density at radius 1 is 0.912 bits per heavy atom. The molecule has 0 aliphatic heterocycles. The van der Waals surface area contributed by atoms with Crippen molar-refractivity contribution < 1.29 is 9.59 Å². The fraction of sp³-hybridized carbons (Fsp3) is 0.321. The Kier molecular flexibility index (Phi) is 7.70. The van der Waals surface area contributed by atoms with Gasteiger partial charge in [0.25, 0.3) is 0 Å². The predicted octanol–water partition coefficient (Wildman–Crippen LogP) is 4.72. The van der Waals surface area contributed by atoms with Crippen molar-refractivity contribution in [2.24, 2.45) is 0 Å². The average molecular weight is 457 g/mol. The minimum Gasteiger partial charge on any atom is -0.326 e. The van der Waals surface area contributed by atoms with Crippen LogP contribution in [-0.2, 0) is 16.0 Å². The number of rotatable bonds is 10. The smallest absolute Gasteiger partial charge is 0.238 e. The number of benzene rings is 2. The zero-order chi connectivity index (χ0) is 23.9. The van der Waals surface area contributed by atoms with Crippen LogP contribution in [0.2, 0.25) is 0 Å². The first-order valence-corrected chi connectivity index (χ1v) is 11.8. The Balaban J connectivity index is 1.25. The summed E-state index contributed by atoms with van der Waals surface area (Å²) in [6.45, 7) is 4.87. The third-order valence-corrected chi connectivity index (χ3v) is 6.10. The molecule has 0 bridgehead atoms. The van der Waals surface area contributed by atoms with Crippen molar-refractivity contribution in [3.05, 3.63) is 89.2 Å². The predicted molar refractivity (Wildman–Crippen MR) is 136 cm³/mol. The highest BCUT2D eigenvalue weighted by atomic mass is 16.2. The summed E-state index contributed by atoms with van der Waals surface area (Å²) in [7, 11) is 0. The molecule has 0 spiro atoms. The Labute approximate surface area is 201 Å². The van der Waals surface area contributed by atoms with Crippen molar-refractivity contribution in [3.8, 4) is 0 Å². The van der Waals surface area contributed by atoms with E-state index in [0.29, 0.717) is 25.6 Å². The standard InChI is InChI=1S/C28H32N4O2/c1-20-3-4-21(2)26(17-20)31-28(34)19-32(25-9-10-25)16-13-27(33)30-24-7-5-22(6-8-24)18-23-11-14-29-15-12-23/h3-8,11-12,14-15,17,25H,9-10,13,16,18-19H2,1-2H3,(H,30,33)(H,31,34). The third-order valence-electron chi connectivity index (χ3n) is 6.10. The number of hydrogen-bond donors (Lipinski definition) is 2. The Morgan fingerprint density at radius 2 is 1.62 bits per heavy atom. The van der Waals surface area contributed by atoms with Gasteiger partial charge in [-0.2, -0.15) is 0 Å². The number of nitrogens with one attached hydrogen (secondary N) is 2. The molecule has 176 valence electrons. The molecular weight excluding hydrogens is 424 g/mol. The first-order chi connectivity index (χ1) is 16.5. The molecule has 1 fully saturated rings. The summed E-state index contributed by atoms with van der Waals surface area (Å²) in [6, 6.07) is 18.4. The lowest BCUT2D eigenvalue weighted by Crippen LogP contribution is -2.37. The van der Waals surface area contributed by atoms with Crippen LogP contribution >= 0.6 is 0 Å². The summed E-state index contributed by atoms with van der Waals surface area (Å²) in [5.74, 6) is -0.0757. The number of nitrogens with zero attached hydrogens (tertiary/aromatic N) is 2. The van der Waals surface area contributed by atoms with Gasteiger partial charge in [-0.05, 0) is 85.7 Å². The number of carbonyl (C=O) groups excluding carboxylic acids is 2. The molecule has 6 heteroatoms. The zero-order valence-electron chi connectivity index (χ0n) is 19.9. The second-order valence-corrected chi connectivity index (χ2v) is 9.10. The quantitative estimate of drug-likeness (QED) is 0.463. The normalized spacial score (nSPS) is 13.0. The molecule has 1 aromatic heterocycles. The van der Waals surface area contributed by atoms with Crippen molar-refractivity contribution in [1.82, 2.24) is 9.88 Å². The molecule has 3 aromatic rings. The Hall–Kier alpha value is -3.51. The van der Waals surface area contributed by atoms with E-state index in [9.17, 15) is 9.59 Å². The van der Waals surface area contributed by atoms with Crippen LogP contribution in [0.4, 0.5) is 11.4 Å². The van der Waals surface area contributed by atoms with Crippen molar-refractivity contribution in [2.45, 2.75) is 45.6 Å². The maximum atomic E-state index is 12.7.